The number of nitrogens with zero attached hydrogens (tertiary/aromatic N) is 3. The molecule has 188 valence electrons. The Morgan fingerprint density at radius 3 is 2.26 bits per heavy atom. The largest absolute Gasteiger partial charge is 0.481 e. The zero-order valence-corrected chi connectivity index (χ0v) is 19.7. The maximum Gasteiger partial charge on any atom is 0.435 e. The third-order valence-electron chi connectivity index (χ3n) is 5.79. The summed E-state index contributed by atoms with van der Waals surface area (Å²) in [5, 5.41) is 12.3. The average molecular weight is 486 g/mol. The van der Waals surface area contributed by atoms with Crippen molar-refractivity contribution in [3.05, 3.63) is 52.6 Å². The first-order chi connectivity index (χ1) is 16.0. The van der Waals surface area contributed by atoms with Crippen LogP contribution < -0.4 is 0 Å². The quantitative estimate of drug-likeness (QED) is 0.542. The number of alkyl halides is 3. The fourth-order valence-electron chi connectivity index (χ4n) is 3.89. The van der Waals surface area contributed by atoms with Crippen LogP contribution in [0.4, 0.5) is 17.6 Å². The second-order valence-corrected chi connectivity index (χ2v) is 8.21. The third kappa shape index (κ3) is 7.04. The molecule has 0 radical (unpaired) electrons. The first kappa shape index (κ1) is 27.3. The van der Waals surface area contributed by atoms with Crippen molar-refractivity contribution in [2.75, 3.05) is 6.54 Å². The molecule has 1 aliphatic rings. The molecule has 1 N–H and O–H groups in total. The van der Waals surface area contributed by atoms with Gasteiger partial charge < -0.3 is 10.0 Å². The topological polar surface area (TPSA) is 75.4 Å². The van der Waals surface area contributed by atoms with Gasteiger partial charge in [0.05, 0.1) is 24.7 Å². The molecule has 0 bridgehead atoms. The van der Waals surface area contributed by atoms with Crippen molar-refractivity contribution in [2.45, 2.75) is 72.1 Å². The van der Waals surface area contributed by atoms with Crippen molar-refractivity contribution in [3.63, 3.8) is 0 Å². The highest BCUT2D eigenvalue weighted by Crippen LogP contribution is 2.35. The Hall–Kier alpha value is -2.91. The molecule has 3 rings (SSSR count). The van der Waals surface area contributed by atoms with E-state index in [2.05, 4.69) is 5.10 Å². The van der Waals surface area contributed by atoms with Crippen molar-refractivity contribution < 1.29 is 32.3 Å². The molecule has 1 amide bonds. The predicted molar refractivity (Wildman–Crippen MR) is 118 cm³/mol. The fraction of sp³-hybridized carbons (Fsp3) is 0.542. The summed E-state index contributed by atoms with van der Waals surface area (Å²) in [4.78, 5) is 23.8. The summed E-state index contributed by atoms with van der Waals surface area (Å²) in [7, 11) is 0. The van der Waals surface area contributed by atoms with Crippen LogP contribution in [0.5, 0.6) is 0 Å². The number of carboxylic acid groups (broad SMARTS) is 1. The molecule has 1 aromatic carbocycles. The van der Waals surface area contributed by atoms with Gasteiger partial charge in [-0.2, -0.15) is 18.3 Å². The van der Waals surface area contributed by atoms with Crippen LogP contribution in [0.1, 0.15) is 69.0 Å². The van der Waals surface area contributed by atoms with E-state index in [0.29, 0.717) is 17.7 Å². The molecular formula is C24H31F4N3O3. The van der Waals surface area contributed by atoms with Gasteiger partial charge in [-0.25, -0.2) is 4.39 Å². The molecule has 1 atom stereocenters. The molecule has 6 nitrogen and oxygen atoms in total. The number of rotatable bonds is 7. The molecule has 0 aliphatic carbocycles. The molecule has 34 heavy (non-hydrogen) atoms. The van der Waals surface area contributed by atoms with Crippen LogP contribution in [0, 0.1) is 11.7 Å². The molecule has 1 aromatic heterocycles. The van der Waals surface area contributed by atoms with Crippen molar-refractivity contribution >= 4 is 11.9 Å². The van der Waals surface area contributed by atoms with Gasteiger partial charge in [-0.15, -0.1) is 0 Å². The average Bonchev–Trinajstić information content (AvgIpc) is 3.16. The number of halogens is 4. The Morgan fingerprint density at radius 1 is 1.15 bits per heavy atom. The maximum absolute atomic E-state index is 13.3. The first-order valence-corrected chi connectivity index (χ1v) is 11.4. The smallest absolute Gasteiger partial charge is 0.435 e. The van der Waals surface area contributed by atoms with Gasteiger partial charge in [-0.3, -0.25) is 14.3 Å². The second kappa shape index (κ2) is 12.0. The van der Waals surface area contributed by atoms with Crippen molar-refractivity contribution in [3.8, 4) is 0 Å². The number of carboxylic acids is 1. The van der Waals surface area contributed by atoms with Gasteiger partial charge in [0, 0.05) is 18.5 Å². The first-order valence-electron chi connectivity index (χ1n) is 11.4. The second-order valence-electron chi connectivity index (χ2n) is 8.21. The number of carbonyl (C=O) groups is 2. The van der Waals surface area contributed by atoms with Gasteiger partial charge in [-0.1, -0.05) is 39.3 Å². The predicted octanol–water partition coefficient (Wildman–Crippen LogP) is 5.28. The lowest BCUT2D eigenvalue weighted by Gasteiger charge is -2.28. The zero-order valence-electron chi connectivity index (χ0n) is 19.7. The Bertz CT molecular complexity index is 971. The summed E-state index contributed by atoms with van der Waals surface area (Å²) < 4.78 is 54.2. The van der Waals surface area contributed by atoms with Gasteiger partial charge in [0.15, 0.2) is 5.69 Å². The zero-order chi connectivity index (χ0) is 25.5. The van der Waals surface area contributed by atoms with E-state index in [0.717, 1.165) is 19.3 Å². The molecular weight excluding hydrogens is 454 g/mol. The van der Waals surface area contributed by atoms with E-state index in [1.54, 1.807) is 11.8 Å². The summed E-state index contributed by atoms with van der Waals surface area (Å²) in [6.07, 6.45) is -1.60. The van der Waals surface area contributed by atoms with Gasteiger partial charge in [-0.05, 0) is 37.0 Å². The number of carbonyl (C=O) groups excluding carboxylic acids is 1. The molecule has 10 heteroatoms. The maximum atomic E-state index is 13.3. The minimum Gasteiger partial charge on any atom is -0.481 e. The van der Waals surface area contributed by atoms with Gasteiger partial charge in [0.1, 0.15) is 5.82 Å². The molecule has 1 aliphatic heterocycles. The normalized spacial score (nSPS) is 14.1. The van der Waals surface area contributed by atoms with Gasteiger partial charge in [0.2, 0.25) is 5.91 Å². The van der Waals surface area contributed by atoms with E-state index in [1.807, 2.05) is 13.8 Å². The van der Waals surface area contributed by atoms with E-state index >= 15 is 0 Å². The Kier molecular flexibility index (Phi) is 9.64. The number of hydrogen-bond donors (Lipinski definition) is 1. The van der Waals surface area contributed by atoms with E-state index in [-0.39, 0.29) is 43.4 Å². The lowest BCUT2D eigenvalue weighted by atomic mass is 10.0. The molecule has 0 fully saturated rings. The van der Waals surface area contributed by atoms with Crippen molar-refractivity contribution in [1.29, 1.82) is 0 Å². The third-order valence-corrected chi connectivity index (χ3v) is 5.79. The molecule has 0 saturated heterocycles. The number of aromatic nitrogens is 2. The van der Waals surface area contributed by atoms with Gasteiger partial charge >= 0.3 is 12.1 Å². The van der Waals surface area contributed by atoms with Gasteiger partial charge in [0.25, 0.3) is 0 Å². The summed E-state index contributed by atoms with van der Waals surface area (Å²) in [6, 6.07) is 5.52. The monoisotopic (exact) mass is 485 g/mol. The van der Waals surface area contributed by atoms with Crippen LogP contribution >= 0.6 is 0 Å². The highest BCUT2D eigenvalue weighted by Gasteiger charge is 2.40. The van der Waals surface area contributed by atoms with E-state index in [4.69, 9.17) is 5.11 Å². The minimum atomic E-state index is -4.55. The highest BCUT2D eigenvalue weighted by molar-refractivity contribution is 5.76. The van der Waals surface area contributed by atoms with E-state index in [1.165, 1.54) is 28.9 Å². The van der Waals surface area contributed by atoms with Crippen LogP contribution in [0.15, 0.2) is 24.3 Å². The Labute approximate surface area is 196 Å². The molecule has 2 heterocycles. The SMILES string of the molecule is CCC(=O)N1CCc2c(C(F)(F)F)nn(Cc3ccc(F)cc3)c2C1.CCCC(CC)C(=O)O. The van der Waals surface area contributed by atoms with Crippen molar-refractivity contribution in [1.82, 2.24) is 14.7 Å². The minimum absolute atomic E-state index is 0.0901. The lowest BCUT2D eigenvalue weighted by molar-refractivity contribution is -0.143. The van der Waals surface area contributed by atoms with Crippen LogP contribution in [0.3, 0.4) is 0 Å². The number of amides is 1. The summed E-state index contributed by atoms with van der Waals surface area (Å²) in [5.41, 5.74) is 0.284. The molecule has 0 spiro atoms. The number of hydrogen-bond acceptors (Lipinski definition) is 3. The number of aliphatic carboxylic acids is 1. The highest BCUT2D eigenvalue weighted by atomic mass is 19.4. The van der Waals surface area contributed by atoms with Crippen LogP contribution in [0.2, 0.25) is 0 Å². The van der Waals surface area contributed by atoms with Crippen LogP contribution in [-0.2, 0) is 35.3 Å². The molecule has 0 saturated carbocycles. The number of fused-ring (bicyclic) bond motifs is 1. The fourth-order valence-corrected chi connectivity index (χ4v) is 3.89. The van der Waals surface area contributed by atoms with E-state index < -0.39 is 23.7 Å². The standard InChI is InChI=1S/C17H17F4N3O.C7H14O2/c1-2-15(25)23-8-7-13-14(10-23)24(22-16(13)17(19,20)21)9-11-3-5-12(18)6-4-11;1-3-5-6(4-2)7(8)9/h3-6H,2,7-10H2,1H3;6H,3-5H2,1-2H3,(H,8,9). The van der Waals surface area contributed by atoms with Crippen LogP contribution in [0.25, 0.3) is 0 Å². The van der Waals surface area contributed by atoms with Crippen LogP contribution in [-0.4, -0.2) is 38.2 Å². The number of benzene rings is 1. The summed E-state index contributed by atoms with van der Waals surface area (Å²) in [6.45, 7) is 6.08. The van der Waals surface area contributed by atoms with Crippen molar-refractivity contribution in [2.24, 2.45) is 5.92 Å². The lowest BCUT2D eigenvalue weighted by Crippen LogP contribution is -2.36. The van der Waals surface area contributed by atoms with E-state index in [9.17, 15) is 27.2 Å². The summed E-state index contributed by atoms with van der Waals surface area (Å²) in [5.74, 6) is -1.29. The molecule has 1 unspecified atom stereocenters. The Morgan fingerprint density at radius 2 is 1.79 bits per heavy atom. The Balaban J connectivity index is 0.000000387. The summed E-state index contributed by atoms with van der Waals surface area (Å²) >= 11 is 0. The molecule has 2 aromatic rings.